The lowest BCUT2D eigenvalue weighted by Crippen LogP contribution is -2.39. The van der Waals surface area contributed by atoms with Crippen molar-refractivity contribution < 1.29 is 19.0 Å². The fraction of sp³-hybridized carbons (Fsp3) is 0.533. The highest BCUT2D eigenvalue weighted by molar-refractivity contribution is 5.70. The standard InChI is InChI=1S/C15H20FNO3/c16-13-4-6-14(7-5-13)20-10-2-9-17-8-1-3-12(11-17)15(18)19/h4-7,12H,1-3,8-11H2,(H,18,19)/t12-/m0/s1. The molecule has 5 heteroatoms. The molecule has 0 amide bonds. The highest BCUT2D eigenvalue weighted by atomic mass is 19.1. The molecule has 20 heavy (non-hydrogen) atoms. The number of nitrogens with zero attached hydrogens (tertiary/aromatic N) is 1. The molecule has 110 valence electrons. The summed E-state index contributed by atoms with van der Waals surface area (Å²) in [6.45, 7) is 2.98. The van der Waals surface area contributed by atoms with Gasteiger partial charge in [0.15, 0.2) is 0 Å². The van der Waals surface area contributed by atoms with E-state index in [2.05, 4.69) is 4.90 Å². The van der Waals surface area contributed by atoms with Crippen molar-refractivity contribution in [3.8, 4) is 5.75 Å². The molecule has 4 nitrogen and oxygen atoms in total. The lowest BCUT2D eigenvalue weighted by atomic mass is 9.98. The zero-order valence-electron chi connectivity index (χ0n) is 11.4. The maximum absolute atomic E-state index is 12.7. The number of aliphatic carboxylic acids is 1. The van der Waals surface area contributed by atoms with E-state index in [9.17, 15) is 9.18 Å². The molecule has 1 atom stereocenters. The number of hydrogen-bond acceptors (Lipinski definition) is 3. The molecule has 1 saturated heterocycles. The highest BCUT2D eigenvalue weighted by Crippen LogP contribution is 2.17. The average Bonchev–Trinajstić information content (AvgIpc) is 2.46. The van der Waals surface area contributed by atoms with Crippen LogP contribution in [0.3, 0.4) is 0 Å². The Morgan fingerprint density at radius 3 is 2.85 bits per heavy atom. The predicted molar refractivity (Wildman–Crippen MR) is 73.3 cm³/mol. The number of hydrogen-bond donors (Lipinski definition) is 1. The van der Waals surface area contributed by atoms with Gasteiger partial charge in [0.1, 0.15) is 11.6 Å². The third-order valence-corrected chi connectivity index (χ3v) is 3.56. The van der Waals surface area contributed by atoms with Crippen LogP contribution in [-0.4, -0.2) is 42.2 Å². The molecule has 0 bridgehead atoms. The van der Waals surface area contributed by atoms with Crippen LogP contribution in [0, 0.1) is 11.7 Å². The Morgan fingerprint density at radius 2 is 2.15 bits per heavy atom. The van der Waals surface area contributed by atoms with Crippen molar-refractivity contribution in [2.24, 2.45) is 5.92 Å². The molecule has 1 N–H and O–H groups in total. The van der Waals surface area contributed by atoms with Crippen LogP contribution in [0.2, 0.25) is 0 Å². The molecular weight excluding hydrogens is 261 g/mol. The summed E-state index contributed by atoms with van der Waals surface area (Å²) in [4.78, 5) is 13.1. The second-order valence-electron chi connectivity index (χ2n) is 5.13. The van der Waals surface area contributed by atoms with Gasteiger partial charge in [0.25, 0.3) is 0 Å². The second kappa shape index (κ2) is 7.24. The summed E-state index contributed by atoms with van der Waals surface area (Å²) in [6.07, 6.45) is 2.55. The quantitative estimate of drug-likeness (QED) is 0.813. The SMILES string of the molecule is O=C(O)[C@H]1CCCN(CCCOc2ccc(F)cc2)C1. The number of rotatable bonds is 6. The Labute approximate surface area is 118 Å². The van der Waals surface area contributed by atoms with Gasteiger partial charge in [-0.1, -0.05) is 0 Å². The van der Waals surface area contributed by atoms with E-state index in [1.54, 1.807) is 12.1 Å². The first-order valence-corrected chi connectivity index (χ1v) is 6.98. The molecule has 0 aromatic heterocycles. The van der Waals surface area contributed by atoms with Gasteiger partial charge in [-0.25, -0.2) is 4.39 Å². The third-order valence-electron chi connectivity index (χ3n) is 3.56. The van der Waals surface area contributed by atoms with Gasteiger partial charge >= 0.3 is 5.97 Å². The third kappa shape index (κ3) is 4.49. The summed E-state index contributed by atoms with van der Waals surface area (Å²) in [5, 5.41) is 9.02. The fourth-order valence-corrected chi connectivity index (χ4v) is 2.47. The van der Waals surface area contributed by atoms with E-state index in [1.165, 1.54) is 12.1 Å². The number of ether oxygens (including phenoxy) is 1. The lowest BCUT2D eigenvalue weighted by molar-refractivity contribution is -0.143. The van der Waals surface area contributed by atoms with Gasteiger partial charge in [-0.15, -0.1) is 0 Å². The molecule has 1 aromatic rings. The smallest absolute Gasteiger partial charge is 0.307 e. The Kier molecular flexibility index (Phi) is 5.35. The summed E-state index contributed by atoms with van der Waals surface area (Å²) in [7, 11) is 0. The zero-order valence-corrected chi connectivity index (χ0v) is 11.4. The van der Waals surface area contributed by atoms with Crippen LogP contribution in [0.1, 0.15) is 19.3 Å². The number of likely N-dealkylation sites (tertiary alicyclic amines) is 1. The van der Waals surface area contributed by atoms with E-state index >= 15 is 0 Å². The molecule has 0 aliphatic carbocycles. The van der Waals surface area contributed by atoms with Crippen molar-refractivity contribution in [1.82, 2.24) is 4.90 Å². The van der Waals surface area contributed by atoms with Gasteiger partial charge in [-0.3, -0.25) is 4.79 Å². The van der Waals surface area contributed by atoms with E-state index in [0.717, 1.165) is 32.4 Å². The van der Waals surface area contributed by atoms with Crippen molar-refractivity contribution in [2.75, 3.05) is 26.2 Å². The average molecular weight is 281 g/mol. The molecule has 0 spiro atoms. The second-order valence-corrected chi connectivity index (χ2v) is 5.13. The summed E-state index contributed by atoms with van der Waals surface area (Å²) in [5.74, 6) is -0.544. The van der Waals surface area contributed by atoms with E-state index in [4.69, 9.17) is 9.84 Å². The topological polar surface area (TPSA) is 49.8 Å². The molecule has 2 rings (SSSR count). The predicted octanol–water partition coefficient (Wildman–Crippen LogP) is 2.39. The van der Waals surface area contributed by atoms with E-state index in [1.807, 2.05) is 0 Å². The molecular formula is C15H20FNO3. The van der Waals surface area contributed by atoms with Crippen LogP contribution in [0.4, 0.5) is 4.39 Å². The number of carboxylic acids is 1. The Morgan fingerprint density at radius 1 is 1.40 bits per heavy atom. The number of carboxylic acid groups (broad SMARTS) is 1. The molecule has 1 aliphatic heterocycles. The van der Waals surface area contributed by atoms with Crippen molar-refractivity contribution in [3.63, 3.8) is 0 Å². The van der Waals surface area contributed by atoms with Gasteiger partial charge in [-0.2, -0.15) is 0 Å². The first-order valence-electron chi connectivity index (χ1n) is 6.98. The Balaban J connectivity index is 1.65. The lowest BCUT2D eigenvalue weighted by Gasteiger charge is -2.30. The number of carbonyl (C=O) groups is 1. The zero-order chi connectivity index (χ0) is 14.4. The van der Waals surface area contributed by atoms with Crippen molar-refractivity contribution in [1.29, 1.82) is 0 Å². The van der Waals surface area contributed by atoms with Gasteiger partial charge < -0.3 is 14.7 Å². The maximum atomic E-state index is 12.7. The van der Waals surface area contributed by atoms with Crippen LogP contribution < -0.4 is 4.74 Å². The van der Waals surface area contributed by atoms with Gasteiger partial charge in [-0.05, 0) is 50.1 Å². The summed E-state index contributed by atoms with van der Waals surface area (Å²) in [6, 6.07) is 5.96. The molecule has 1 fully saturated rings. The highest BCUT2D eigenvalue weighted by Gasteiger charge is 2.24. The monoisotopic (exact) mass is 281 g/mol. The normalized spacial score (nSPS) is 19.8. The van der Waals surface area contributed by atoms with Gasteiger partial charge in [0, 0.05) is 13.1 Å². The van der Waals surface area contributed by atoms with Crippen LogP contribution in [0.25, 0.3) is 0 Å². The van der Waals surface area contributed by atoms with Crippen LogP contribution in [0.15, 0.2) is 24.3 Å². The maximum Gasteiger partial charge on any atom is 0.307 e. The Bertz CT molecular complexity index is 435. The molecule has 0 radical (unpaired) electrons. The van der Waals surface area contributed by atoms with Crippen molar-refractivity contribution in [3.05, 3.63) is 30.1 Å². The molecule has 1 aliphatic rings. The minimum absolute atomic E-state index is 0.234. The minimum Gasteiger partial charge on any atom is -0.494 e. The van der Waals surface area contributed by atoms with Gasteiger partial charge in [0.05, 0.1) is 12.5 Å². The number of halogens is 1. The van der Waals surface area contributed by atoms with E-state index < -0.39 is 5.97 Å². The van der Waals surface area contributed by atoms with E-state index in [0.29, 0.717) is 18.9 Å². The minimum atomic E-state index is -0.697. The largest absolute Gasteiger partial charge is 0.494 e. The summed E-state index contributed by atoms with van der Waals surface area (Å²) in [5.41, 5.74) is 0. The molecule has 1 aromatic carbocycles. The van der Waals surface area contributed by atoms with Crippen LogP contribution in [0.5, 0.6) is 5.75 Å². The molecule has 1 heterocycles. The first kappa shape index (κ1) is 14.8. The molecule has 0 unspecified atom stereocenters. The number of benzene rings is 1. The number of piperidine rings is 1. The van der Waals surface area contributed by atoms with E-state index in [-0.39, 0.29) is 11.7 Å². The van der Waals surface area contributed by atoms with Crippen LogP contribution in [-0.2, 0) is 4.79 Å². The van der Waals surface area contributed by atoms with Crippen molar-refractivity contribution in [2.45, 2.75) is 19.3 Å². The Hall–Kier alpha value is -1.62. The first-order chi connectivity index (χ1) is 9.65. The van der Waals surface area contributed by atoms with Crippen LogP contribution >= 0.6 is 0 Å². The fourth-order valence-electron chi connectivity index (χ4n) is 2.47. The van der Waals surface area contributed by atoms with Crippen molar-refractivity contribution >= 4 is 5.97 Å². The summed E-state index contributed by atoms with van der Waals surface area (Å²) >= 11 is 0. The van der Waals surface area contributed by atoms with Gasteiger partial charge in [0.2, 0.25) is 0 Å². The summed E-state index contributed by atoms with van der Waals surface area (Å²) < 4.78 is 18.2. The molecule has 0 saturated carbocycles.